The number of benzene rings is 1. The highest BCUT2D eigenvalue weighted by Gasteiger charge is 2.64. The number of aliphatic carboxylic acids is 1. The standard InChI is InChI=1S/C34H45F3N4O7/c1-6-21-25-18-41(26(21)30(43)44)29(42)27(32(2,3)4)40-31(45)48-33(34(35,36)37)16-10-12-19(33)11-8-7-9-13-23-28(47-25)39-24-17-20(46-5)14-15-22(24)38-23/h14-15,17,19,21,25-27H,6-13,16,18H2,1-5H3,(H,40,45)(H,43,44). The summed E-state index contributed by atoms with van der Waals surface area (Å²) in [5, 5.41) is 12.8. The van der Waals surface area contributed by atoms with Crippen molar-refractivity contribution < 1.29 is 46.9 Å². The van der Waals surface area contributed by atoms with Gasteiger partial charge in [0.15, 0.2) is 0 Å². The molecule has 264 valence electrons. The number of rotatable bonds is 3. The molecule has 3 aliphatic rings. The van der Waals surface area contributed by atoms with Gasteiger partial charge in [0.2, 0.25) is 17.4 Å². The lowest BCUT2D eigenvalue weighted by molar-refractivity contribution is -0.271. The molecule has 0 radical (unpaired) electrons. The second kappa shape index (κ2) is 13.6. The number of carbonyl (C=O) groups excluding carboxylic acids is 2. The van der Waals surface area contributed by atoms with Crippen LogP contribution in [0.15, 0.2) is 18.2 Å². The summed E-state index contributed by atoms with van der Waals surface area (Å²) in [6, 6.07) is 2.53. The monoisotopic (exact) mass is 678 g/mol. The van der Waals surface area contributed by atoms with E-state index >= 15 is 0 Å². The summed E-state index contributed by atoms with van der Waals surface area (Å²) >= 11 is 0. The molecule has 1 aromatic heterocycles. The Hall–Kier alpha value is -3.84. The first-order valence-corrected chi connectivity index (χ1v) is 16.7. The molecule has 2 aromatic rings. The molecule has 14 heteroatoms. The van der Waals surface area contributed by atoms with Crippen LogP contribution in [0.3, 0.4) is 0 Å². The van der Waals surface area contributed by atoms with Crippen LogP contribution in [0.1, 0.15) is 84.8 Å². The van der Waals surface area contributed by atoms with Crippen LogP contribution >= 0.6 is 0 Å². The lowest BCUT2D eigenvalue weighted by Gasteiger charge is -2.39. The van der Waals surface area contributed by atoms with E-state index in [1.165, 1.54) is 7.11 Å². The number of aromatic nitrogens is 2. The molecule has 5 rings (SSSR count). The van der Waals surface area contributed by atoms with Gasteiger partial charge in [0.25, 0.3) is 0 Å². The normalized spacial score (nSPS) is 29.2. The van der Waals surface area contributed by atoms with Gasteiger partial charge in [-0.1, -0.05) is 40.5 Å². The Morgan fingerprint density at radius 3 is 2.48 bits per heavy atom. The average molecular weight is 679 g/mol. The maximum Gasteiger partial charge on any atom is 0.428 e. The van der Waals surface area contributed by atoms with E-state index in [-0.39, 0.29) is 38.1 Å². The van der Waals surface area contributed by atoms with Crippen LogP contribution in [0.25, 0.3) is 11.0 Å². The third-order valence-electron chi connectivity index (χ3n) is 10.1. The zero-order valence-electron chi connectivity index (χ0n) is 28.1. The van der Waals surface area contributed by atoms with Crippen molar-refractivity contribution in [1.82, 2.24) is 20.2 Å². The number of nitrogens with zero attached hydrogens (tertiary/aromatic N) is 3. The van der Waals surface area contributed by atoms with E-state index in [2.05, 4.69) is 5.32 Å². The fourth-order valence-electron chi connectivity index (χ4n) is 7.59. The molecule has 11 nitrogen and oxygen atoms in total. The Morgan fingerprint density at radius 2 is 1.83 bits per heavy atom. The van der Waals surface area contributed by atoms with Gasteiger partial charge in [-0.2, -0.15) is 13.2 Å². The summed E-state index contributed by atoms with van der Waals surface area (Å²) in [6.07, 6.45) is -4.25. The van der Waals surface area contributed by atoms with Crippen molar-refractivity contribution in [1.29, 1.82) is 0 Å². The number of carboxylic acid groups (broad SMARTS) is 1. The highest BCUT2D eigenvalue weighted by molar-refractivity contribution is 5.91. The summed E-state index contributed by atoms with van der Waals surface area (Å²) in [7, 11) is 1.53. The molecule has 2 fully saturated rings. The summed E-state index contributed by atoms with van der Waals surface area (Å²) in [4.78, 5) is 51.0. The third-order valence-corrected chi connectivity index (χ3v) is 10.1. The van der Waals surface area contributed by atoms with Crippen molar-refractivity contribution >= 4 is 29.0 Å². The topological polar surface area (TPSA) is 140 Å². The molecule has 1 aromatic carbocycles. The van der Waals surface area contributed by atoms with Gasteiger partial charge < -0.3 is 29.5 Å². The van der Waals surface area contributed by atoms with Gasteiger partial charge in [0.1, 0.15) is 29.6 Å². The number of carboxylic acids is 1. The number of methoxy groups -OCH3 is 1. The van der Waals surface area contributed by atoms with Crippen molar-refractivity contribution in [2.75, 3.05) is 13.7 Å². The van der Waals surface area contributed by atoms with E-state index in [9.17, 15) is 32.7 Å². The minimum absolute atomic E-state index is 0.149. The number of alkyl carbamates (subject to hydrolysis) is 1. The van der Waals surface area contributed by atoms with Crippen molar-refractivity contribution in [2.45, 2.75) is 115 Å². The highest BCUT2D eigenvalue weighted by atomic mass is 19.4. The SMILES string of the molecule is CCC1C2CN(C(=O)C(C(C)(C)C)NC(=O)OC3(C(F)(F)F)CCCC3CCCCCc3nc4ccc(OC)cc4nc3O2)C1C(=O)O. The van der Waals surface area contributed by atoms with Crippen LogP contribution in [-0.2, 0) is 20.7 Å². The van der Waals surface area contributed by atoms with Crippen molar-refractivity contribution in [3.63, 3.8) is 0 Å². The van der Waals surface area contributed by atoms with Crippen LogP contribution in [0.4, 0.5) is 18.0 Å². The van der Waals surface area contributed by atoms with Gasteiger partial charge in [-0.3, -0.25) is 4.79 Å². The summed E-state index contributed by atoms with van der Waals surface area (Å²) < 4.78 is 61.5. The minimum Gasteiger partial charge on any atom is -0.497 e. The Labute approximate surface area is 277 Å². The molecular weight excluding hydrogens is 633 g/mol. The molecule has 2 aliphatic heterocycles. The molecule has 2 amide bonds. The van der Waals surface area contributed by atoms with Crippen molar-refractivity contribution in [3.05, 3.63) is 23.9 Å². The van der Waals surface area contributed by atoms with Crippen LogP contribution in [0.2, 0.25) is 0 Å². The van der Waals surface area contributed by atoms with Gasteiger partial charge in [-0.15, -0.1) is 0 Å². The van der Waals surface area contributed by atoms with Gasteiger partial charge >= 0.3 is 18.2 Å². The smallest absolute Gasteiger partial charge is 0.428 e. The predicted octanol–water partition coefficient (Wildman–Crippen LogP) is 6.07. The maximum atomic E-state index is 14.8. The van der Waals surface area contributed by atoms with Crippen molar-refractivity contribution in [2.24, 2.45) is 17.3 Å². The summed E-state index contributed by atoms with van der Waals surface area (Å²) in [5.74, 6) is -2.85. The first-order valence-electron chi connectivity index (χ1n) is 16.7. The molecule has 6 atom stereocenters. The van der Waals surface area contributed by atoms with E-state index in [4.69, 9.17) is 24.2 Å². The Kier molecular flexibility index (Phi) is 10.0. The fourth-order valence-corrected chi connectivity index (χ4v) is 7.59. The van der Waals surface area contributed by atoms with Crippen LogP contribution < -0.4 is 14.8 Å². The molecule has 3 heterocycles. The molecule has 6 unspecified atom stereocenters. The average Bonchev–Trinajstić information content (AvgIpc) is 3.59. The zero-order chi connectivity index (χ0) is 35.0. The molecule has 2 bridgehead atoms. The highest BCUT2D eigenvalue weighted by Crippen LogP contribution is 2.51. The number of alkyl halides is 3. The molecule has 48 heavy (non-hydrogen) atoms. The number of fused-ring (bicyclic) bond motifs is 5. The van der Waals surface area contributed by atoms with Gasteiger partial charge in [0, 0.05) is 17.9 Å². The Morgan fingerprint density at radius 1 is 1.10 bits per heavy atom. The third kappa shape index (κ3) is 6.84. The van der Waals surface area contributed by atoms with Gasteiger partial charge in [0.05, 0.1) is 24.7 Å². The van der Waals surface area contributed by atoms with Crippen molar-refractivity contribution in [3.8, 4) is 11.6 Å². The number of hydrogen-bond acceptors (Lipinski definition) is 8. The van der Waals surface area contributed by atoms with E-state index in [0.29, 0.717) is 54.6 Å². The number of aryl methyl sites for hydroxylation is 1. The molecule has 1 saturated carbocycles. The molecular formula is C34H45F3N4O7. The second-order valence-corrected chi connectivity index (χ2v) is 14.2. The predicted molar refractivity (Wildman–Crippen MR) is 169 cm³/mol. The van der Waals surface area contributed by atoms with E-state index in [1.807, 2.05) is 0 Å². The van der Waals surface area contributed by atoms with Crippen LogP contribution in [0.5, 0.6) is 11.6 Å². The summed E-state index contributed by atoms with van der Waals surface area (Å²) in [6.45, 7) is 6.57. The number of hydrogen-bond donors (Lipinski definition) is 2. The van der Waals surface area contributed by atoms with Gasteiger partial charge in [-0.25, -0.2) is 19.6 Å². The number of nitrogens with one attached hydrogen (secondary N) is 1. The number of halogens is 3. The molecule has 1 aliphatic carbocycles. The number of ether oxygens (including phenoxy) is 3. The molecule has 1 saturated heterocycles. The Bertz CT molecular complexity index is 1530. The molecule has 2 N–H and O–H groups in total. The lowest BCUT2D eigenvalue weighted by atomic mass is 9.85. The lowest BCUT2D eigenvalue weighted by Crippen LogP contribution is -2.59. The second-order valence-electron chi connectivity index (χ2n) is 14.2. The maximum absolute atomic E-state index is 14.8. The fraction of sp³-hybridized carbons (Fsp3) is 0.676. The van der Waals surface area contributed by atoms with E-state index < -0.39 is 65.2 Å². The first kappa shape index (κ1) is 35.5. The quantitative estimate of drug-likeness (QED) is 0.396. The number of amides is 2. The minimum atomic E-state index is -4.83. The van der Waals surface area contributed by atoms with E-state index in [1.54, 1.807) is 45.9 Å². The molecule has 0 spiro atoms. The number of carbonyl (C=O) groups is 3. The zero-order valence-corrected chi connectivity index (χ0v) is 28.1. The van der Waals surface area contributed by atoms with Crippen LogP contribution in [0, 0.1) is 17.3 Å². The first-order chi connectivity index (χ1) is 22.6. The Balaban J connectivity index is 1.59. The van der Waals surface area contributed by atoms with Crippen LogP contribution in [-0.4, -0.2) is 81.6 Å². The van der Waals surface area contributed by atoms with Gasteiger partial charge in [-0.05, 0) is 62.5 Å². The summed E-state index contributed by atoms with van der Waals surface area (Å²) in [5.41, 5.74) is -2.06. The largest absolute Gasteiger partial charge is 0.497 e. The van der Waals surface area contributed by atoms with E-state index in [0.717, 1.165) is 4.90 Å².